The molecule has 0 atom stereocenters. The van der Waals surface area contributed by atoms with Gasteiger partial charge in [-0.25, -0.2) is 8.78 Å². The van der Waals surface area contributed by atoms with Crippen molar-refractivity contribution >= 4 is 17.3 Å². The average molecular weight is 223 g/mol. The molecule has 0 bridgehead atoms. The number of alkyl halides is 2. The SMILES string of the molecule is Cc1ncc(Cl)c(C(F)F)c1[N+](=O)[O-]. The Bertz CT molecular complexity index is 384. The molecule has 0 aliphatic carbocycles. The predicted octanol–water partition coefficient (Wildman–Crippen LogP) is 2.89. The molecule has 7 heteroatoms. The van der Waals surface area contributed by atoms with Crippen molar-refractivity contribution in [2.75, 3.05) is 0 Å². The average Bonchev–Trinajstić information content (AvgIpc) is 2.07. The summed E-state index contributed by atoms with van der Waals surface area (Å²) in [5.41, 5.74) is -1.56. The van der Waals surface area contributed by atoms with E-state index in [1.54, 1.807) is 0 Å². The number of halogens is 3. The fraction of sp³-hybridized carbons (Fsp3) is 0.286. The molecule has 0 saturated heterocycles. The summed E-state index contributed by atoms with van der Waals surface area (Å²) in [6, 6.07) is 0. The molecule has 0 aliphatic rings. The van der Waals surface area contributed by atoms with Gasteiger partial charge in [0, 0.05) is 6.20 Å². The molecule has 0 amide bonds. The van der Waals surface area contributed by atoms with Crippen LogP contribution >= 0.6 is 11.6 Å². The van der Waals surface area contributed by atoms with Crippen LogP contribution in [0.4, 0.5) is 14.5 Å². The molecule has 4 nitrogen and oxygen atoms in total. The van der Waals surface area contributed by atoms with Gasteiger partial charge in [0.2, 0.25) is 0 Å². The van der Waals surface area contributed by atoms with E-state index < -0.39 is 27.6 Å². The molecule has 0 spiro atoms. The van der Waals surface area contributed by atoms with Crippen LogP contribution in [0.3, 0.4) is 0 Å². The van der Waals surface area contributed by atoms with Crippen molar-refractivity contribution in [3.63, 3.8) is 0 Å². The maximum absolute atomic E-state index is 12.4. The molecule has 1 rings (SSSR count). The molecule has 0 N–H and O–H groups in total. The molecule has 1 aromatic heterocycles. The molecule has 76 valence electrons. The van der Waals surface area contributed by atoms with E-state index in [0.29, 0.717) is 0 Å². The summed E-state index contributed by atoms with van der Waals surface area (Å²) in [7, 11) is 0. The third-order valence-corrected chi connectivity index (χ3v) is 1.93. The van der Waals surface area contributed by atoms with E-state index in [4.69, 9.17) is 11.6 Å². The van der Waals surface area contributed by atoms with Gasteiger partial charge in [-0.3, -0.25) is 15.1 Å². The molecule has 0 fully saturated rings. The number of nitrogens with zero attached hydrogens (tertiary/aromatic N) is 2. The van der Waals surface area contributed by atoms with Crippen molar-refractivity contribution in [2.45, 2.75) is 13.3 Å². The lowest BCUT2D eigenvalue weighted by Gasteiger charge is -2.05. The van der Waals surface area contributed by atoms with Gasteiger partial charge in [-0.05, 0) is 6.92 Å². The first-order valence-electron chi connectivity index (χ1n) is 3.52. The van der Waals surface area contributed by atoms with Crippen LogP contribution in [0, 0.1) is 17.0 Å². The molecule has 0 unspecified atom stereocenters. The first-order valence-corrected chi connectivity index (χ1v) is 3.90. The standard InChI is InChI=1S/C7H5ClF2N2O2/c1-3-6(12(13)14)5(7(9)10)4(8)2-11-3/h2,7H,1H3. The van der Waals surface area contributed by atoms with E-state index in [1.165, 1.54) is 6.92 Å². The zero-order valence-electron chi connectivity index (χ0n) is 7.00. The van der Waals surface area contributed by atoms with E-state index in [2.05, 4.69) is 4.98 Å². The van der Waals surface area contributed by atoms with Gasteiger partial charge in [-0.2, -0.15) is 0 Å². The van der Waals surface area contributed by atoms with Crippen LogP contribution < -0.4 is 0 Å². The number of hydrogen-bond donors (Lipinski definition) is 0. The summed E-state index contributed by atoms with van der Waals surface area (Å²) in [4.78, 5) is 13.1. The van der Waals surface area contributed by atoms with Crippen LogP contribution in [0.5, 0.6) is 0 Å². The smallest absolute Gasteiger partial charge is 0.258 e. The van der Waals surface area contributed by atoms with Gasteiger partial charge in [-0.1, -0.05) is 11.6 Å². The number of aromatic nitrogens is 1. The quantitative estimate of drug-likeness (QED) is 0.571. The summed E-state index contributed by atoms with van der Waals surface area (Å²) >= 11 is 5.39. The normalized spacial score (nSPS) is 10.6. The molecule has 1 heterocycles. The second kappa shape index (κ2) is 3.83. The number of nitro groups is 1. The van der Waals surface area contributed by atoms with Gasteiger partial charge >= 0.3 is 5.69 Å². The highest BCUT2D eigenvalue weighted by molar-refractivity contribution is 6.31. The second-order valence-electron chi connectivity index (χ2n) is 2.51. The largest absolute Gasteiger partial charge is 0.300 e. The molecule has 0 saturated carbocycles. The number of pyridine rings is 1. The minimum absolute atomic E-state index is 0.0744. The molecular formula is C7H5ClF2N2O2. The van der Waals surface area contributed by atoms with Gasteiger partial charge in [0.05, 0.1) is 9.95 Å². The first-order chi connectivity index (χ1) is 6.45. The number of rotatable bonds is 2. The lowest BCUT2D eigenvalue weighted by molar-refractivity contribution is -0.387. The van der Waals surface area contributed by atoms with E-state index in [0.717, 1.165) is 6.20 Å². The van der Waals surface area contributed by atoms with Crippen molar-refractivity contribution in [3.05, 3.63) is 32.6 Å². The summed E-state index contributed by atoms with van der Waals surface area (Å²) in [6.45, 7) is 1.28. The highest BCUT2D eigenvalue weighted by Crippen LogP contribution is 2.35. The highest BCUT2D eigenvalue weighted by Gasteiger charge is 2.27. The van der Waals surface area contributed by atoms with Gasteiger partial charge in [-0.15, -0.1) is 0 Å². The fourth-order valence-electron chi connectivity index (χ4n) is 1.03. The summed E-state index contributed by atoms with van der Waals surface area (Å²) in [5.74, 6) is 0. The van der Waals surface area contributed by atoms with Crippen molar-refractivity contribution in [3.8, 4) is 0 Å². The molecule has 0 aliphatic heterocycles. The van der Waals surface area contributed by atoms with E-state index >= 15 is 0 Å². The van der Waals surface area contributed by atoms with Crippen LogP contribution in [0.25, 0.3) is 0 Å². The van der Waals surface area contributed by atoms with Gasteiger partial charge < -0.3 is 0 Å². The highest BCUT2D eigenvalue weighted by atomic mass is 35.5. The number of aryl methyl sites for hydroxylation is 1. The molecule has 0 radical (unpaired) electrons. The Morgan fingerprint density at radius 1 is 1.64 bits per heavy atom. The molecule has 14 heavy (non-hydrogen) atoms. The lowest BCUT2D eigenvalue weighted by atomic mass is 10.2. The molecular weight excluding hydrogens is 218 g/mol. The maximum atomic E-state index is 12.4. The van der Waals surface area contributed by atoms with Crippen LogP contribution in [0.1, 0.15) is 17.7 Å². The fourth-order valence-corrected chi connectivity index (χ4v) is 1.25. The Morgan fingerprint density at radius 3 is 2.57 bits per heavy atom. The Morgan fingerprint density at radius 2 is 2.21 bits per heavy atom. The van der Waals surface area contributed by atoms with Crippen LogP contribution in [0.15, 0.2) is 6.20 Å². The minimum Gasteiger partial charge on any atom is -0.258 e. The molecule has 0 aromatic carbocycles. The summed E-state index contributed by atoms with van der Waals surface area (Å²) in [5, 5.41) is 10.1. The van der Waals surface area contributed by atoms with Crippen LogP contribution in [-0.4, -0.2) is 9.91 Å². The van der Waals surface area contributed by atoms with Crippen LogP contribution in [-0.2, 0) is 0 Å². The van der Waals surface area contributed by atoms with E-state index in [9.17, 15) is 18.9 Å². The van der Waals surface area contributed by atoms with Crippen molar-refractivity contribution in [2.24, 2.45) is 0 Å². The van der Waals surface area contributed by atoms with Crippen molar-refractivity contribution in [1.29, 1.82) is 0 Å². The minimum atomic E-state index is -2.98. The van der Waals surface area contributed by atoms with Crippen molar-refractivity contribution in [1.82, 2.24) is 4.98 Å². The topological polar surface area (TPSA) is 56.0 Å². The maximum Gasteiger partial charge on any atom is 0.300 e. The lowest BCUT2D eigenvalue weighted by Crippen LogP contribution is -2.01. The Hall–Kier alpha value is -1.30. The zero-order chi connectivity index (χ0) is 10.9. The predicted molar refractivity (Wildman–Crippen MR) is 45.6 cm³/mol. The third-order valence-electron chi connectivity index (χ3n) is 1.63. The summed E-state index contributed by atoms with van der Waals surface area (Å²) in [6.07, 6.45) is -2.00. The monoisotopic (exact) mass is 222 g/mol. The van der Waals surface area contributed by atoms with Gasteiger partial charge in [0.15, 0.2) is 0 Å². The first kappa shape index (κ1) is 10.8. The summed E-state index contributed by atoms with van der Waals surface area (Å²) < 4.78 is 24.8. The van der Waals surface area contributed by atoms with E-state index in [-0.39, 0.29) is 5.69 Å². The Labute approximate surface area is 82.7 Å². The Kier molecular flexibility index (Phi) is 2.95. The van der Waals surface area contributed by atoms with Crippen molar-refractivity contribution < 1.29 is 13.7 Å². The zero-order valence-corrected chi connectivity index (χ0v) is 7.76. The third kappa shape index (κ3) is 1.79. The van der Waals surface area contributed by atoms with Gasteiger partial charge in [0.25, 0.3) is 6.43 Å². The van der Waals surface area contributed by atoms with E-state index in [1.807, 2.05) is 0 Å². The Balaban J connectivity index is 3.50. The molecule has 1 aromatic rings. The van der Waals surface area contributed by atoms with Gasteiger partial charge in [0.1, 0.15) is 11.3 Å². The van der Waals surface area contributed by atoms with Crippen LogP contribution in [0.2, 0.25) is 5.02 Å². The second-order valence-corrected chi connectivity index (χ2v) is 2.92. The number of hydrogen-bond acceptors (Lipinski definition) is 3.